The summed E-state index contributed by atoms with van der Waals surface area (Å²) in [4.78, 5) is 13.9. The van der Waals surface area contributed by atoms with Crippen molar-refractivity contribution in [3.8, 4) is 11.4 Å². The molecule has 7 heteroatoms. The smallest absolute Gasteiger partial charge is 0.222 e. The van der Waals surface area contributed by atoms with Crippen LogP contribution < -0.4 is 10.1 Å². The van der Waals surface area contributed by atoms with E-state index in [2.05, 4.69) is 15.3 Å². The molecular formula is C19H26N4O3. The molecule has 7 nitrogen and oxygen atoms in total. The van der Waals surface area contributed by atoms with Crippen molar-refractivity contribution in [2.75, 3.05) is 27.2 Å². The summed E-state index contributed by atoms with van der Waals surface area (Å²) in [5, 5.41) is 17.8. The molecule has 1 aliphatic rings. The minimum absolute atomic E-state index is 0.131. The van der Waals surface area contributed by atoms with E-state index < -0.39 is 5.60 Å². The largest absolute Gasteiger partial charge is 0.494 e. The Morgan fingerprint density at radius 2 is 2.19 bits per heavy atom. The van der Waals surface area contributed by atoms with Crippen molar-refractivity contribution >= 4 is 5.91 Å². The molecule has 1 aromatic carbocycles. The average Bonchev–Trinajstić information content (AvgIpc) is 3.09. The minimum Gasteiger partial charge on any atom is -0.494 e. The highest BCUT2D eigenvalue weighted by atomic mass is 16.5. The van der Waals surface area contributed by atoms with Crippen molar-refractivity contribution in [3.63, 3.8) is 0 Å². The molecule has 2 aromatic rings. The number of aliphatic hydroxyl groups is 1. The van der Waals surface area contributed by atoms with Gasteiger partial charge in [-0.1, -0.05) is 12.1 Å². The third-order valence-corrected chi connectivity index (χ3v) is 4.82. The van der Waals surface area contributed by atoms with Gasteiger partial charge < -0.3 is 15.2 Å². The summed E-state index contributed by atoms with van der Waals surface area (Å²) in [5.41, 5.74) is 0.916. The summed E-state index contributed by atoms with van der Waals surface area (Å²) in [7, 11) is 3.24. The highest BCUT2D eigenvalue weighted by Crippen LogP contribution is 2.27. The molecule has 140 valence electrons. The molecule has 1 unspecified atom stereocenters. The number of benzene rings is 1. The maximum atomic E-state index is 11.7. The van der Waals surface area contributed by atoms with Crippen LogP contribution in [0, 0.1) is 0 Å². The zero-order valence-corrected chi connectivity index (χ0v) is 15.3. The first kappa shape index (κ1) is 18.4. The predicted molar refractivity (Wildman–Crippen MR) is 98.3 cm³/mol. The van der Waals surface area contributed by atoms with E-state index >= 15 is 0 Å². The standard InChI is InChI=1S/C19H26N4O3/c1-20-18(24)12-19(25)9-5-11-22(14-19)13-15-8-10-21-23(15)16-6-3-4-7-17(16)26-2/h3-4,6-8,10,25H,5,9,11-14H2,1-2H3,(H,20,24). The molecule has 26 heavy (non-hydrogen) atoms. The molecule has 0 saturated carbocycles. The molecule has 1 fully saturated rings. The monoisotopic (exact) mass is 358 g/mol. The number of carbonyl (C=O) groups is 1. The molecule has 0 spiro atoms. The van der Waals surface area contributed by atoms with E-state index in [1.807, 2.05) is 35.0 Å². The highest BCUT2D eigenvalue weighted by molar-refractivity contribution is 5.76. The zero-order valence-electron chi connectivity index (χ0n) is 15.3. The minimum atomic E-state index is -0.979. The summed E-state index contributed by atoms with van der Waals surface area (Å²) < 4.78 is 7.31. The SMILES string of the molecule is CNC(=O)CC1(O)CCCN(Cc2ccnn2-c2ccccc2OC)C1. The van der Waals surface area contributed by atoms with E-state index in [9.17, 15) is 9.90 Å². The van der Waals surface area contributed by atoms with Crippen LogP contribution in [0.15, 0.2) is 36.5 Å². The van der Waals surface area contributed by atoms with Gasteiger partial charge in [0.15, 0.2) is 0 Å². The fraction of sp³-hybridized carbons (Fsp3) is 0.474. The maximum absolute atomic E-state index is 11.7. The van der Waals surface area contributed by atoms with Crippen molar-refractivity contribution in [3.05, 3.63) is 42.2 Å². The Bertz CT molecular complexity index is 761. The molecule has 3 rings (SSSR count). The van der Waals surface area contributed by atoms with Gasteiger partial charge in [-0.25, -0.2) is 4.68 Å². The number of carbonyl (C=O) groups excluding carboxylic acids is 1. The number of piperidine rings is 1. The number of nitrogens with zero attached hydrogens (tertiary/aromatic N) is 3. The van der Waals surface area contributed by atoms with Crippen LogP contribution in [0.2, 0.25) is 0 Å². The van der Waals surface area contributed by atoms with E-state index in [1.54, 1.807) is 20.4 Å². The number of amides is 1. The molecule has 2 heterocycles. The maximum Gasteiger partial charge on any atom is 0.222 e. The highest BCUT2D eigenvalue weighted by Gasteiger charge is 2.35. The van der Waals surface area contributed by atoms with E-state index in [-0.39, 0.29) is 12.3 Å². The number of ether oxygens (including phenoxy) is 1. The molecule has 0 radical (unpaired) electrons. The van der Waals surface area contributed by atoms with Gasteiger partial charge in [0, 0.05) is 26.3 Å². The number of para-hydroxylation sites is 2. The van der Waals surface area contributed by atoms with Gasteiger partial charge in [-0.3, -0.25) is 9.69 Å². The predicted octanol–water partition coefficient (Wildman–Crippen LogP) is 1.34. The Labute approximate surface area is 153 Å². The number of hydrogen-bond donors (Lipinski definition) is 2. The number of aromatic nitrogens is 2. The number of likely N-dealkylation sites (tertiary alicyclic amines) is 1. The second kappa shape index (κ2) is 7.88. The number of nitrogens with one attached hydrogen (secondary N) is 1. The first-order valence-corrected chi connectivity index (χ1v) is 8.86. The van der Waals surface area contributed by atoms with Gasteiger partial charge in [0.05, 0.1) is 24.8 Å². The van der Waals surface area contributed by atoms with Gasteiger partial charge in [-0.2, -0.15) is 5.10 Å². The number of β-amino-alcohol motifs (C(OH)–C–C–N with tert-alkyl or cyclic N) is 1. The van der Waals surface area contributed by atoms with Crippen molar-refractivity contribution in [2.45, 2.75) is 31.4 Å². The zero-order chi connectivity index (χ0) is 18.6. The first-order chi connectivity index (χ1) is 12.5. The van der Waals surface area contributed by atoms with Crippen molar-refractivity contribution < 1.29 is 14.6 Å². The van der Waals surface area contributed by atoms with Gasteiger partial charge in [-0.15, -0.1) is 0 Å². The summed E-state index contributed by atoms with van der Waals surface area (Å²) in [6.07, 6.45) is 3.40. The van der Waals surface area contributed by atoms with Crippen molar-refractivity contribution in [2.24, 2.45) is 0 Å². The second-order valence-electron chi connectivity index (χ2n) is 6.79. The number of rotatable bonds is 6. The molecule has 1 atom stereocenters. The Morgan fingerprint density at radius 3 is 2.96 bits per heavy atom. The van der Waals surface area contributed by atoms with E-state index in [0.717, 1.165) is 30.1 Å². The summed E-state index contributed by atoms with van der Waals surface area (Å²) >= 11 is 0. The Hall–Kier alpha value is -2.38. The van der Waals surface area contributed by atoms with Crippen LogP contribution in [0.4, 0.5) is 0 Å². The normalized spacial score (nSPS) is 20.7. The Morgan fingerprint density at radius 1 is 1.38 bits per heavy atom. The quantitative estimate of drug-likeness (QED) is 0.815. The molecule has 0 aliphatic carbocycles. The van der Waals surface area contributed by atoms with Gasteiger partial charge in [0.1, 0.15) is 11.4 Å². The third kappa shape index (κ3) is 4.05. The van der Waals surface area contributed by atoms with Gasteiger partial charge in [0.25, 0.3) is 0 Å². The van der Waals surface area contributed by atoms with Crippen LogP contribution in [0.5, 0.6) is 5.75 Å². The molecule has 0 bridgehead atoms. The summed E-state index contributed by atoms with van der Waals surface area (Å²) in [6, 6.07) is 9.72. The fourth-order valence-corrected chi connectivity index (χ4v) is 3.57. The lowest BCUT2D eigenvalue weighted by atomic mass is 9.89. The van der Waals surface area contributed by atoms with Crippen LogP contribution in [0.25, 0.3) is 5.69 Å². The topological polar surface area (TPSA) is 79.6 Å². The lowest BCUT2D eigenvalue weighted by molar-refractivity contribution is -0.128. The molecule has 1 aromatic heterocycles. The molecule has 1 aliphatic heterocycles. The van der Waals surface area contributed by atoms with Gasteiger partial charge >= 0.3 is 0 Å². The lowest BCUT2D eigenvalue weighted by Gasteiger charge is -2.38. The first-order valence-electron chi connectivity index (χ1n) is 8.86. The summed E-state index contributed by atoms with van der Waals surface area (Å²) in [6.45, 7) is 2.00. The van der Waals surface area contributed by atoms with Crippen LogP contribution in [-0.4, -0.2) is 58.5 Å². The second-order valence-corrected chi connectivity index (χ2v) is 6.79. The van der Waals surface area contributed by atoms with E-state index in [1.165, 1.54) is 0 Å². The Balaban J connectivity index is 1.76. The average molecular weight is 358 g/mol. The van der Waals surface area contributed by atoms with E-state index in [0.29, 0.717) is 19.5 Å². The number of methoxy groups -OCH3 is 1. The Kier molecular flexibility index (Phi) is 5.58. The van der Waals surface area contributed by atoms with Crippen molar-refractivity contribution in [1.29, 1.82) is 0 Å². The lowest BCUT2D eigenvalue weighted by Crippen LogP contribution is -2.50. The molecular weight excluding hydrogens is 332 g/mol. The molecule has 2 N–H and O–H groups in total. The van der Waals surface area contributed by atoms with Crippen LogP contribution >= 0.6 is 0 Å². The fourth-order valence-electron chi connectivity index (χ4n) is 3.57. The molecule has 1 saturated heterocycles. The molecule has 1 amide bonds. The van der Waals surface area contributed by atoms with Gasteiger partial charge in [-0.05, 0) is 37.6 Å². The van der Waals surface area contributed by atoms with Crippen molar-refractivity contribution in [1.82, 2.24) is 20.0 Å². The van der Waals surface area contributed by atoms with Gasteiger partial charge in [0.2, 0.25) is 5.91 Å². The summed E-state index contributed by atoms with van der Waals surface area (Å²) in [5.74, 6) is 0.626. The van der Waals surface area contributed by atoms with Crippen LogP contribution in [0.3, 0.4) is 0 Å². The number of hydrogen-bond acceptors (Lipinski definition) is 5. The van der Waals surface area contributed by atoms with Crippen LogP contribution in [0.1, 0.15) is 25.0 Å². The third-order valence-electron chi connectivity index (χ3n) is 4.82. The van der Waals surface area contributed by atoms with Crippen LogP contribution in [-0.2, 0) is 11.3 Å². The van der Waals surface area contributed by atoms with E-state index in [4.69, 9.17) is 4.74 Å².